The standard InChI is InChI=1S/C22H35N5O2/c1-23-22(27(4)18-20-9-7-11-26(20)3)24-17-19-8-6-10-21(16-19)29-15-13-25(2)12-14-28-5/h6-11,16H,12-15,17-18H2,1-5H3,(H,23,24). The molecule has 0 radical (unpaired) electrons. The lowest BCUT2D eigenvalue weighted by Crippen LogP contribution is -2.38. The van der Waals surface area contributed by atoms with Crippen LogP contribution in [-0.4, -0.2) is 74.9 Å². The Morgan fingerprint density at radius 3 is 2.62 bits per heavy atom. The first-order chi connectivity index (χ1) is 14.0. The molecule has 1 heterocycles. The van der Waals surface area contributed by atoms with Crippen LogP contribution in [0.1, 0.15) is 11.3 Å². The maximum Gasteiger partial charge on any atom is 0.194 e. The number of aromatic nitrogens is 1. The van der Waals surface area contributed by atoms with Gasteiger partial charge in [0.05, 0.1) is 13.2 Å². The minimum atomic E-state index is 0.651. The molecule has 0 atom stereocenters. The van der Waals surface area contributed by atoms with Gasteiger partial charge in [0.2, 0.25) is 0 Å². The molecular weight excluding hydrogens is 366 g/mol. The van der Waals surface area contributed by atoms with Gasteiger partial charge in [0.1, 0.15) is 12.4 Å². The number of hydrogen-bond acceptors (Lipinski definition) is 4. The Hall–Kier alpha value is -2.51. The molecule has 0 aliphatic heterocycles. The molecule has 0 amide bonds. The van der Waals surface area contributed by atoms with Crippen molar-refractivity contribution in [2.45, 2.75) is 13.1 Å². The molecule has 0 bridgehead atoms. The third-order valence-electron chi connectivity index (χ3n) is 4.79. The van der Waals surface area contributed by atoms with E-state index in [0.29, 0.717) is 13.2 Å². The van der Waals surface area contributed by atoms with E-state index in [-0.39, 0.29) is 0 Å². The number of benzene rings is 1. The van der Waals surface area contributed by atoms with Gasteiger partial charge in [0.25, 0.3) is 0 Å². The number of guanidine groups is 1. The Morgan fingerprint density at radius 2 is 1.93 bits per heavy atom. The maximum atomic E-state index is 5.91. The lowest BCUT2D eigenvalue weighted by molar-refractivity contribution is 0.150. The molecule has 0 unspecified atom stereocenters. The predicted molar refractivity (Wildman–Crippen MR) is 118 cm³/mol. The van der Waals surface area contributed by atoms with E-state index in [1.807, 2.05) is 26.2 Å². The molecule has 7 heteroatoms. The monoisotopic (exact) mass is 401 g/mol. The number of aryl methyl sites for hydroxylation is 1. The van der Waals surface area contributed by atoms with E-state index >= 15 is 0 Å². The molecule has 2 aromatic rings. The topological polar surface area (TPSA) is 54.3 Å². The third-order valence-corrected chi connectivity index (χ3v) is 4.79. The summed E-state index contributed by atoms with van der Waals surface area (Å²) >= 11 is 0. The first kappa shape index (κ1) is 22.8. The fraction of sp³-hybridized carbons (Fsp3) is 0.500. The fourth-order valence-corrected chi connectivity index (χ4v) is 2.97. The lowest BCUT2D eigenvalue weighted by Gasteiger charge is -2.22. The summed E-state index contributed by atoms with van der Waals surface area (Å²) in [4.78, 5) is 8.72. The van der Waals surface area contributed by atoms with Crippen molar-refractivity contribution < 1.29 is 9.47 Å². The molecule has 29 heavy (non-hydrogen) atoms. The van der Waals surface area contributed by atoms with Crippen LogP contribution in [0, 0.1) is 0 Å². The van der Waals surface area contributed by atoms with Gasteiger partial charge in [-0.25, -0.2) is 0 Å². The van der Waals surface area contributed by atoms with Crippen molar-refractivity contribution in [1.29, 1.82) is 0 Å². The zero-order valence-corrected chi connectivity index (χ0v) is 18.4. The van der Waals surface area contributed by atoms with Crippen LogP contribution in [0.15, 0.2) is 47.6 Å². The van der Waals surface area contributed by atoms with Gasteiger partial charge < -0.3 is 29.2 Å². The second kappa shape index (κ2) is 12.1. The molecule has 0 aliphatic carbocycles. The molecule has 7 nitrogen and oxygen atoms in total. The minimum absolute atomic E-state index is 0.651. The Kier molecular flexibility index (Phi) is 9.53. The average molecular weight is 402 g/mol. The number of hydrogen-bond donors (Lipinski definition) is 1. The number of likely N-dealkylation sites (N-methyl/N-ethyl adjacent to an activating group) is 1. The molecule has 1 aromatic heterocycles. The summed E-state index contributed by atoms with van der Waals surface area (Å²) in [5.74, 6) is 1.74. The van der Waals surface area contributed by atoms with Gasteiger partial charge >= 0.3 is 0 Å². The summed E-state index contributed by atoms with van der Waals surface area (Å²) in [5, 5.41) is 3.43. The van der Waals surface area contributed by atoms with Crippen LogP contribution in [0.5, 0.6) is 5.75 Å². The van der Waals surface area contributed by atoms with Gasteiger partial charge in [-0.1, -0.05) is 12.1 Å². The number of rotatable bonds is 11. The normalized spacial score (nSPS) is 11.7. The molecule has 1 aromatic carbocycles. The second-order valence-corrected chi connectivity index (χ2v) is 7.16. The number of methoxy groups -OCH3 is 1. The zero-order chi connectivity index (χ0) is 21.1. The van der Waals surface area contributed by atoms with Crippen LogP contribution < -0.4 is 10.1 Å². The van der Waals surface area contributed by atoms with E-state index < -0.39 is 0 Å². The Morgan fingerprint density at radius 1 is 1.14 bits per heavy atom. The zero-order valence-electron chi connectivity index (χ0n) is 18.4. The quantitative estimate of drug-likeness (QED) is 0.462. The molecule has 0 saturated heterocycles. The summed E-state index contributed by atoms with van der Waals surface area (Å²) in [6.07, 6.45) is 2.06. The summed E-state index contributed by atoms with van der Waals surface area (Å²) in [6.45, 7) is 4.63. The van der Waals surface area contributed by atoms with Crippen LogP contribution in [0.3, 0.4) is 0 Å². The molecule has 2 rings (SSSR count). The molecule has 0 spiro atoms. The van der Waals surface area contributed by atoms with Crippen LogP contribution in [-0.2, 0) is 24.9 Å². The molecule has 0 aliphatic rings. The van der Waals surface area contributed by atoms with Gasteiger partial charge in [-0.2, -0.15) is 0 Å². The smallest absolute Gasteiger partial charge is 0.194 e. The van der Waals surface area contributed by atoms with Crippen molar-refractivity contribution in [3.63, 3.8) is 0 Å². The third kappa shape index (κ3) is 7.79. The van der Waals surface area contributed by atoms with Gasteiger partial charge in [-0.05, 0) is 36.9 Å². The van der Waals surface area contributed by atoms with Crippen LogP contribution >= 0.6 is 0 Å². The summed E-state index contributed by atoms with van der Waals surface area (Å²) < 4.78 is 13.1. The number of aliphatic imine (C=N–C) groups is 1. The van der Waals surface area contributed by atoms with Crippen molar-refractivity contribution >= 4 is 5.96 Å². The van der Waals surface area contributed by atoms with Crippen molar-refractivity contribution in [2.24, 2.45) is 12.0 Å². The van der Waals surface area contributed by atoms with Gasteiger partial charge in [-0.3, -0.25) is 4.99 Å². The van der Waals surface area contributed by atoms with Crippen LogP contribution in [0.25, 0.3) is 0 Å². The summed E-state index contributed by atoms with van der Waals surface area (Å²) in [5.41, 5.74) is 2.39. The first-order valence-corrected chi connectivity index (χ1v) is 9.94. The van der Waals surface area contributed by atoms with Crippen LogP contribution in [0.2, 0.25) is 0 Å². The Labute approximate surface area is 174 Å². The highest BCUT2D eigenvalue weighted by molar-refractivity contribution is 5.79. The van der Waals surface area contributed by atoms with E-state index in [0.717, 1.165) is 43.5 Å². The van der Waals surface area contributed by atoms with Gasteiger partial charge in [0, 0.05) is 59.8 Å². The Bertz CT molecular complexity index is 759. The average Bonchev–Trinajstić information content (AvgIpc) is 3.11. The molecule has 160 valence electrons. The van der Waals surface area contributed by atoms with Crippen molar-refractivity contribution in [3.8, 4) is 5.75 Å². The highest BCUT2D eigenvalue weighted by Crippen LogP contribution is 2.13. The predicted octanol–water partition coefficient (Wildman–Crippen LogP) is 2.19. The highest BCUT2D eigenvalue weighted by Gasteiger charge is 2.08. The highest BCUT2D eigenvalue weighted by atomic mass is 16.5. The second-order valence-electron chi connectivity index (χ2n) is 7.16. The first-order valence-electron chi connectivity index (χ1n) is 9.94. The molecule has 0 fully saturated rings. The molecule has 0 saturated carbocycles. The van der Waals surface area contributed by atoms with Crippen molar-refractivity contribution in [3.05, 3.63) is 53.9 Å². The number of nitrogens with zero attached hydrogens (tertiary/aromatic N) is 4. The maximum absolute atomic E-state index is 5.91. The minimum Gasteiger partial charge on any atom is -0.492 e. The lowest BCUT2D eigenvalue weighted by atomic mass is 10.2. The van der Waals surface area contributed by atoms with Gasteiger partial charge in [0.15, 0.2) is 5.96 Å². The van der Waals surface area contributed by atoms with Crippen LogP contribution in [0.4, 0.5) is 0 Å². The number of nitrogens with one attached hydrogen (secondary N) is 1. The van der Waals surface area contributed by atoms with E-state index in [4.69, 9.17) is 9.47 Å². The largest absolute Gasteiger partial charge is 0.492 e. The van der Waals surface area contributed by atoms with E-state index in [2.05, 4.69) is 69.2 Å². The van der Waals surface area contributed by atoms with E-state index in [1.54, 1.807) is 7.11 Å². The Balaban J connectivity index is 1.81. The molecule has 1 N–H and O–H groups in total. The fourth-order valence-electron chi connectivity index (χ4n) is 2.97. The van der Waals surface area contributed by atoms with E-state index in [1.165, 1.54) is 5.69 Å². The summed E-state index contributed by atoms with van der Waals surface area (Å²) in [6, 6.07) is 12.4. The van der Waals surface area contributed by atoms with Crippen molar-refractivity contribution in [1.82, 2.24) is 19.7 Å². The molecular formula is C22H35N5O2. The van der Waals surface area contributed by atoms with Crippen molar-refractivity contribution in [2.75, 3.05) is 54.6 Å². The number of ether oxygens (including phenoxy) is 2. The van der Waals surface area contributed by atoms with E-state index in [9.17, 15) is 0 Å². The van der Waals surface area contributed by atoms with Gasteiger partial charge in [-0.15, -0.1) is 0 Å². The summed E-state index contributed by atoms with van der Waals surface area (Å²) in [7, 11) is 9.70. The SMILES string of the molecule is CN=C(NCc1cccc(OCCN(C)CCOC)c1)N(C)Cc1cccn1C.